The molecule has 0 aromatic heterocycles. The monoisotopic (exact) mass is 149 g/mol. The van der Waals surface area contributed by atoms with Crippen molar-refractivity contribution in [2.45, 2.75) is 38.6 Å². The lowest BCUT2D eigenvalue weighted by Crippen LogP contribution is -2.24. The molecule has 0 aromatic rings. The molecule has 1 aliphatic heterocycles. The number of hydrogen-bond donors (Lipinski definition) is 1. The molecule has 1 atom stereocenters. The van der Waals surface area contributed by atoms with Crippen LogP contribution >= 0.6 is 12.4 Å². The summed E-state index contributed by atoms with van der Waals surface area (Å²) in [6.07, 6.45) is 5.61. The average molecular weight is 150 g/mol. The zero-order valence-corrected chi connectivity index (χ0v) is 6.84. The third-order valence-electron chi connectivity index (χ3n) is 1.81. The SMILES string of the molecule is C[C@H]1CCCCCN1.Cl. The Kier molecular flexibility index (Phi) is 5.21. The van der Waals surface area contributed by atoms with E-state index in [2.05, 4.69) is 12.2 Å². The lowest BCUT2D eigenvalue weighted by molar-refractivity contribution is 0.550. The molecule has 0 bridgehead atoms. The van der Waals surface area contributed by atoms with Gasteiger partial charge >= 0.3 is 0 Å². The highest BCUT2D eigenvalue weighted by Gasteiger charge is 2.03. The smallest absolute Gasteiger partial charge is 0.00387 e. The van der Waals surface area contributed by atoms with Crippen molar-refractivity contribution in [1.82, 2.24) is 5.32 Å². The largest absolute Gasteiger partial charge is 0.314 e. The number of halogens is 1. The van der Waals surface area contributed by atoms with Crippen molar-refractivity contribution < 1.29 is 0 Å². The van der Waals surface area contributed by atoms with Gasteiger partial charge in [-0.15, -0.1) is 12.4 Å². The molecule has 0 radical (unpaired) electrons. The van der Waals surface area contributed by atoms with Gasteiger partial charge in [0.15, 0.2) is 0 Å². The fraction of sp³-hybridized carbons (Fsp3) is 1.00. The molecule has 0 spiro atoms. The van der Waals surface area contributed by atoms with Crippen molar-refractivity contribution in [3.63, 3.8) is 0 Å². The zero-order chi connectivity index (χ0) is 5.82. The maximum absolute atomic E-state index is 3.44. The van der Waals surface area contributed by atoms with Crippen molar-refractivity contribution in [2.75, 3.05) is 6.54 Å². The van der Waals surface area contributed by atoms with Gasteiger partial charge in [0.1, 0.15) is 0 Å². The lowest BCUT2D eigenvalue weighted by Gasteiger charge is -2.06. The van der Waals surface area contributed by atoms with E-state index < -0.39 is 0 Å². The van der Waals surface area contributed by atoms with Gasteiger partial charge in [-0.05, 0) is 26.3 Å². The van der Waals surface area contributed by atoms with Crippen LogP contribution in [-0.4, -0.2) is 12.6 Å². The summed E-state index contributed by atoms with van der Waals surface area (Å²) < 4.78 is 0. The first-order chi connectivity index (χ1) is 3.89. The Bertz CT molecular complexity index is 57.9. The van der Waals surface area contributed by atoms with Crippen molar-refractivity contribution in [1.29, 1.82) is 0 Å². The highest BCUT2D eigenvalue weighted by Crippen LogP contribution is 2.06. The summed E-state index contributed by atoms with van der Waals surface area (Å²) >= 11 is 0. The van der Waals surface area contributed by atoms with Gasteiger partial charge in [0.25, 0.3) is 0 Å². The van der Waals surface area contributed by atoms with Crippen molar-refractivity contribution >= 4 is 12.4 Å². The number of nitrogens with one attached hydrogen (secondary N) is 1. The van der Waals surface area contributed by atoms with E-state index >= 15 is 0 Å². The van der Waals surface area contributed by atoms with Gasteiger partial charge in [-0.25, -0.2) is 0 Å². The minimum absolute atomic E-state index is 0. The normalized spacial score (nSPS) is 28.3. The maximum atomic E-state index is 3.44. The first-order valence-electron chi connectivity index (χ1n) is 3.63. The molecule has 9 heavy (non-hydrogen) atoms. The molecule has 1 fully saturated rings. The van der Waals surface area contributed by atoms with Crippen LogP contribution in [0, 0.1) is 0 Å². The van der Waals surface area contributed by atoms with Gasteiger partial charge in [0.05, 0.1) is 0 Å². The molecule has 0 aromatic carbocycles. The van der Waals surface area contributed by atoms with Crippen molar-refractivity contribution in [2.24, 2.45) is 0 Å². The predicted octanol–water partition coefficient (Wildman–Crippen LogP) is 1.96. The summed E-state index contributed by atoms with van der Waals surface area (Å²) in [5, 5.41) is 3.44. The second-order valence-electron chi connectivity index (χ2n) is 2.70. The molecule has 0 saturated carbocycles. The highest BCUT2D eigenvalue weighted by molar-refractivity contribution is 5.85. The lowest BCUT2D eigenvalue weighted by atomic mass is 10.1. The summed E-state index contributed by atoms with van der Waals surface area (Å²) in [7, 11) is 0. The van der Waals surface area contributed by atoms with Gasteiger partial charge in [-0.1, -0.05) is 12.8 Å². The second kappa shape index (κ2) is 5.07. The van der Waals surface area contributed by atoms with Crippen LogP contribution in [0.15, 0.2) is 0 Å². The predicted molar refractivity (Wildman–Crippen MR) is 43.2 cm³/mol. The number of hydrogen-bond acceptors (Lipinski definition) is 1. The first-order valence-corrected chi connectivity index (χ1v) is 3.63. The van der Waals surface area contributed by atoms with E-state index in [-0.39, 0.29) is 12.4 Å². The van der Waals surface area contributed by atoms with E-state index in [1.807, 2.05) is 0 Å². The minimum atomic E-state index is 0. The van der Waals surface area contributed by atoms with E-state index in [1.54, 1.807) is 0 Å². The Balaban J connectivity index is 0.000000640. The topological polar surface area (TPSA) is 12.0 Å². The van der Waals surface area contributed by atoms with Crippen molar-refractivity contribution in [3.05, 3.63) is 0 Å². The zero-order valence-electron chi connectivity index (χ0n) is 6.02. The molecule has 1 aliphatic rings. The summed E-state index contributed by atoms with van der Waals surface area (Å²) in [6.45, 7) is 3.51. The van der Waals surface area contributed by atoms with Crippen LogP contribution in [0.5, 0.6) is 0 Å². The van der Waals surface area contributed by atoms with Crippen LogP contribution in [0.2, 0.25) is 0 Å². The summed E-state index contributed by atoms with van der Waals surface area (Å²) in [6, 6.07) is 0.775. The molecule has 2 heteroatoms. The van der Waals surface area contributed by atoms with Gasteiger partial charge in [-0.3, -0.25) is 0 Å². The molecular weight excluding hydrogens is 134 g/mol. The highest BCUT2D eigenvalue weighted by atomic mass is 35.5. The molecule has 1 N–H and O–H groups in total. The van der Waals surface area contributed by atoms with E-state index in [9.17, 15) is 0 Å². The molecular formula is C7H16ClN. The fourth-order valence-electron chi connectivity index (χ4n) is 1.20. The van der Waals surface area contributed by atoms with E-state index in [4.69, 9.17) is 0 Å². The molecule has 56 valence electrons. The Morgan fingerprint density at radius 2 is 2.00 bits per heavy atom. The third-order valence-corrected chi connectivity index (χ3v) is 1.81. The van der Waals surface area contributed by atoms with Gasteiger partial charge in [-0.2, -0.15) is 0 Å². The minimum Gasteiger partial charge on any atom is -0.314 e. The maximum Gasteiger partial charge on any atom is 0.00387 e. The molecule has 0 aliphatic carbocycles. The molecule has 1 heterocycles. The molecule has 1 rings (SSSR count). The van der Waals surface area contributed by atoms with Gasteiger partial charge in [0, 0.05) is 6.04 Å². The fourth-order valence-corrected chi connectivity index (χ4v) is 1.20. The van der Waals surface area contributed by atoms with Crippen LogP contribution in [-0.2, 0) is 0 Å². The quantitative estimate of drug-likeness (QED) is 0.556. The van der Waals surface area contributed by atoms with Gasteiger partial charge in [0.2, 0.25) is 0 Å². The summed E-state index contributed by atoms with van der Waals surface area (Å²) in [5.41, 5.74) is 0. The van der Waals surface area contributed by atoms with Crippen LogP contribution in [0.1, 0.15) is 32.6 Å². The molecule has 0 amide bonds. The van der Waals surface area contributed by atoms with E-state index in [0.717, 1.165) is 6.04 Å². The van der Waals surface area contributed by atoms with Crippen molar-refractivity contribution in [3.8, 4) is 0 Å². The average Bonchev–Trinajstić information content (AvgIpc) is 1.94. The summed E-state index contributed by atoms with van der Waals surface area (Å²) in [5.74, 6) is 0. The summed E-state index contributed by atoms with van der Waals surface area (Å²) in [4.78, 5) is 0. The molecule has 1 nitrogen and oxygen atoms in total. The second-order valence-corrected chi connectivity index (χ2v) is 2.70. The van der Waals surface area contributed by atoms with Crippen LogP contribution in [0.3, 0.4) is 0 Å². The van der Waals surface area contributed by atoms with Crippen LogP contribution in [0.4, 0.5) is 0 Å². The third kappa shape index (κ3) is 3.77. The number of rotatable bonds is 0. The first kappa shape index (κ1) is 9.25. The van der Waals surface area contributed by atoms with E-state index in [1.165, 1.54) is 32.2 Å². The van der Waals surface area contributed by atoms with E-state index in [0.29, 0.717) is 0 Å². The Hall–Kier alpha value is 0.250. The van der Waals surface area contributed by atoms with Crippen LogP contribution in [0.25, 0.3) is 0 Å². The Morgan fingerprint density at radius 3 is 2.78 bits per heavy atom. The van der Waals surface area contributed by atoms with Crippen LogP contribution < -0.4 is 5.32 Å². The molecule has 1 saturated heterocycles. The molecule has 0 unspecified atom stereocenters. The Morgan fingerprint density at radius 1 is 1.22 bits per heavy atom. The van der Waals surface area contributed by atoms with Gasteiger partial charge < -0.3 is 5.32 Å². The Labute approximate surface area is 63.6 Å². The standard InChI is InChI=1S/C7H15N.ClH/c1-7-5-3-2-4-6-8-7;/h7-8H,2-6H2,1H3;1H/t7-;/m0./s1.